The number of nitrogens with two attached hydrogens (primary N) is 1. The lowest BCUT2D eigenvalue weighted by Crippen LogP contribution is -2.32. The summed E-state index contributed by atoms with van der Waals surface area (Å²) >= 11 is 17.9. The predicted octanol–water partition coefficient (Wildman–Crippen LogP) is 2.68. The highest BCUT2D eigenvalue weighted by Crippen LogP contribution is 2.25. The molecule has 8 heteroatoms. The van der Waals surface area contributed by atoms with Crippen LogP contribution in [0.5, 0.6) is 0 Å². The van der Waals surface area contributed by atoms with Crippen molar-refractivity contribution < 1.29 is 4.79 Å². The van der Waals surface area contributed by atoms with Crippen LogP contribution < -0.4 is 11.2 Å². The molecule has 0 aliphatic heterocycles. The monoisotopic (exact) mass is 339 g/mol. The molecule has 0 saturated heterocycles. The van der Waals surface area contributed by atoms with Crippen molar-refractivity contribution in [3.63, 3.8) is 0 Å². The molecule has 0 radical (unpaired) electrons. The molecule has 0 fully saturated rings. The Balaban J connectivity index is 2.29. The van der Waals surface area contributed by atoms with Gasteiger partial charge in [-0.3, -0.25) is 4.79 Å². The Kier molecular flexibility index (Phi) is 6.79. The summed E-state index contributed by atoms with van der Waals surface area (Å²) in [6.07, 6.45) is 0. The van der Waals surface area contributed by atoms with E-state index in [0.29, 0.717) is 0 Å². The summed E-state index contributed by atoms with van der Waals surface area (Å²) in [4.78, 5) is 11.4. The number of alkyl halides is 3. The number of carbonyl (C=O) groups excluding carboxylic acids is 1. The van der Waals surface area contributed by atoms with E-state index < -0.39 is 3.79 Å². The molecule has 1 aromatic carbocycles. The Hall–Kier alpha value is -0.620. The summed E-state index contributed by atoms with van der Waals surface area (Å²) in [5.74, 6) is 0.390. The highest BCUT2D eigenvalue weighted by Gasteiger charge is 2.25. The van der Waals surface area contributed by atoms with Crippen LogP contribution in [-0.4, -0.2) is 21.3 Å². The quantitative estimate of drug-likeness (QED) is 0.375. The van der Waals surface area contributed by atoms with E-state index in [1.165, 1.54) is 11.8 Å². The molecule has 0 unspecified atom stereocenters. The van der Waals surface area contributed by atoms with Crippen molar-refractivity contribution in [3.05, 3.63) is 35.9 Å². The molecular weight excluding hydrogens is 329 g/mol. The van der Waals surface area contributed by atoms with Gasteiger partial charge < -0.3 is 5.73 Å². The van der Waals surface area contributed by atoms with Crippen molar-refractivity contribution in [1.29, 1.82) is 0 Å². The van der Waals surface area contributed by atoms with Crippen molar-refractivity contribution in [3.8, 4) is 0 Å². The van der Waals surface area contributed by atoms with Crippen LogP contribution in [0.1, 0.15) is 5.56 Å². The van der Waals surface area contributed by atoms with E-state index in [1.54, 1.807) is 0 Å². The lowest BCUT2D eigenvalue weighted by Gasteiger charge is -2.09. The topological polar surface area (TPSA) is 67.5 Å². The predicted molar refractivity (Wildman–Crippen MR) is 82.7 cm³/mol. The van der Waals surface area contributed by atoms with E-state index in [1.807, 2.05) is 30.3 Å². The number of halogens is 3. The second-order valence-electron chi connectivity index (χ2n) is 3.51. The summed E-state index contributed by atoms with van der Waals surface area (Å²) in [5, 5.41) is 3.51. The molecule has 1 aromatic rings. The summed E-state index contributed by atoms with van der Waals surface area (Å²) in [7, 11) is 0. The summed E-state index contributed by atoms with van der Waals surface area (Å²) in [5.41, 5.74) is 8.72. The highest BCUT2D eigenvalue weighted by molar-refractivity contribution is 7.99. The van der Waals surface area contributed by atoms with E-state index in [9.17, 15) is 4.79 Å². The first-order chi connectivity index (χ1) is 8.89. The van der Waals surface area contributed by atoms with E-state index >= 15 is 0 Å². The average molecular weight is 341 g/mol. The number of hydrogen-bond acceptors (Lipinski definition) is 3. The molecule has 104 valence electrons. The Bertz CT molecular complexity index is 448. The molecule has 0 aliphatic rings. The van der Waals surface area contributed by atoms with Crippen LogP contribution >= 0.6 is 46.6 Å². The smallest absolute Gasteiger partial charge is 0.250 e. The zero-order valence-electron chi connectivity index (χ0n) is 9.78. The van der Waals surface area contributed by atoms with Crippen molar-refractivity contribution in [2.45, 2.75) is 9.55 Å². The Morgan fingerprint density at radius 1 is 1.32 bits per heavy atom. The summed E-state index contributed by atoms with van der Waals surface area (Å²) < 4.78 is -1.82. The molecule has 4 nitrogen and oxygen atoms in total. The van der Waals surface area contributed by atoms with Gasteiger partial charge >= 0.3 is 0 Å². The van der Waals surface area contributed by atoms with E-state index in [-0.39, 0.29) is 17.5 Å². The molecule has 0 aromatic heterocycles. The van der Waals surface area contributed by atoms with Gasteiger partial charge in [0.15, 0.2) is 5.84 Å². The molecule has 1 amide bonds. The molecule has 0 aliphatic carbocycles. The van der Waals surface area contributed by atoms with Gasteiger partial charge in [-0.1, -0.05) is 65.1 Å². The largest absolute Gasteiger partial charge is 0.382 e. The van der Waals surface area contributed by atoms with E-state index in [2.05, 4.69) is 10.5 Å². The Morgan fingerprint density at radius 3 is 2.53 bits per heavy atom. The van der Waals surface area contributed by atoms with Crippen molar-refractivity contribution in [2.24, 2.45) is 10.8 Å². The zero-order valence-corrected chi connectivity index (χ0v) is 12.9. The molecule has 19 heavy (non-hydrogen) atoms. The fourth-order valence-corrected chi connectivity index (χ4v) is 1.96. The van der Waals surface area contributed by atoms with E-state index in [0.717, 1.165) is 11.3 Å². The molecule has 0 bridgehead atoms. The first kappa shape index (κ1) is 16.4. The maximum atomic E-state index is 11.4. The fourth-order valence-electron chi connectivity index (χ4n) is 1.05. The van der Waals surface area contributed by atoms with Crippen LogP contribution in [0.15, 0.2) is 35.4 Å². The van der Waals surface area contributed by atoms with Gasteiger partial charge in [0.1, 0.15) is 0 Å². The van der Waals surface area contributed by atoms with Gasteiger partial charge in [-0.25, -0.2) is 5.43 Å². The molecular formula is C11H12Cl3N3OS. The van der Waals surface area contributed by atoms with Crippen molar-refractivity contribution in [1.82, 2.24) is 5.43 Å². The van der Waals surface area contributed by atoms with Crippen molar-refractivity contribution >= 4 is 58.3 Å². The maximum absolute atomic E-state index is 11.4. The standard InChI is InChI=1S/C11H12Cl3N3OS/c12-11(13,14)10(15)17-16-9(18)7-19-6-8-4-2-1-3-5-8/h1-5H,6-7H2,(H2,15,17)(H,16,18). The number of rotatable bonds is 5. The third-order valence-corrected chi connectivity index (χ3v) is 3.52. The van der Waals surface area contributed by atoms with Crippen LogP contribution in [0.3, 0.4) is 0 Å². The zero-order chi connectivity index (χ0) is 14.3. The number of hydrogen-bond donors (Lipinski definition) is 2. The van der Waals surface area contributed by atoms with Gasteiger partial charge in [0.25, 0.3) is 0 Å². The van der Waals surface area contributed by atoms with Gasteiger partial charge in [0.2, 0.25) is 9.70 Å². The number of amides is 1. The molecule has 1 rings (SSSR count). The number of carbonyl (C=O) groups is 1. The second-order valence-corrected chi connectivity index (χ2v) is 6.78. The van der Waals surface area contributed by atoms with Gasteiger partial charge in [0.05, 0.1) is 5.75 Å². The summed E-state index contributed by atoms with van der Waals surface area (Å²) in [6.45, 7) is 0. The number of thioether (sulfide) groups is 1. The third kappa shape index (κ3) is 6.92. The lowest BCUT2D eigenvalue weighted by atomic mass is 10.2. The summed E-state index contributed by atoms with van der Waals surface area (Å²) in [6, 6.07) is 9.81. The lowest BCUT2D eigenvalue weighted by molar-refractivity contribution is -0.118. The van der Waals surface area contributed by atoms with Gasteiger partial charge in [-0.15, -0.1) is 11.8 Å². The molecule has 0 saturated carbocycles. The number of amidine groups is 1. The third-order valence-electron chi connectivity index (χ3n) is 1.94. The van der Waals surface area contributed by atoms with Crippen LogP contribution in [0, 0.1) is 0 Å². The highest BCUT2D eigenvalue weighted by atomic mass is 35.6. The average Bonchev–Trinajstić information content (AvgIpc) is 2.36. The molecule has 0 heterocycles. The van der Waals surface area contributed by atoms with Crippen LogP contribution in [-0.2, 0) is 10.5 Å². The number of hydrazone groups is 1. The SMILES string of the molecule is NC(=NNC(=O)CSCc1ccccc1)C(Cl)(Cl)Cl. The number of nitrogens with zero attached hydrogens (tertiary/aromatic N) is 1. The van der Waals surface area contributed by atoms with Gasteiger partial charge in [-0.2, -0.15) is 5.10 Å². The number of benzene rings is 1. The molecule has 3 N–H and O–H groups in total. The Morgan fingerprint density at radius 2 is 1.95 bits per heavy atom. The van der Waals surface area contributed by atoms with Gasteiger partial charge in [0, 0.05) is 5.75 Å². The minimum atomic E-state index is -1.82. The fraction of sp³-hybridized carbons (Fsp3) is 0.273. The first-order valence-corrected chi connectivity index (χ1v) is 7.49. The minimum Gasteiger partial charge on any atom is -0.382 e. The molecule has 0 spiro atoms. The first-order valence-electron chi connectivity index (χ1n) is 5.20. The van der Waals surface area contributed by atoms with Crippen molar-refractivity contribution in [2.75, 3.05) is 5.75 Å². The normalized spacial score (nSPS) is 12.3. The van der Waals surface area contributed by atoms with E-state index in [4.69, 9.17) is 40.5 Å². The Labute approximate surface area is 130 Å². The van der Waals surface area contributed by atoms with Crippen LogP contribution in [0.4, 0.5) is 0 Å². The minimum absolute atomic E-state index is 0.242. The van der Waals surface area contributed by atoms with Crippen LogP contribution in [0.25, 0.3) is 0 Å². The second kappa shape index (κ2) is 7.85. The molecule has 0 atom stereocenters. The van der Waals surface area contributed by atoms with Gasteiger partial charge in [-0.05, 0) is 5.56 Å². The number of nitrogens with one attached hydrogen (secondary N) is 1. The van der Waals surface area contributed by atoms with Crippen LogP contribution in [0.2, 0.25) is 0 Å². The maximum Gasteiger partial charge on any atom is 0.250 e.